The first-order valence-corrected chi connectivity index (χ1v) is 10.3. The Hall–Kier alpha value is -2.25. The molecule has 0 spiro atoms. The summed E-state index contributed by atoms with van der Waals surface area (Å²) in [4.78, 5) is 21.8. The molecule has 0 aliphatic carbocycles. The molecule has 0 radical (unpaired) electrons. The van der Waals surface area contributed by atoms with Gasteiger partial charge in [-0.25, -0.2) is 0 Å². The maximum atomic E-state index is 12.8. The fraction of sp³-hybridized carbons (Fsp3) is 0.571. The van der Waals surface area contributed by atoms with E-state index in [2.05, 4.69) is 34.2 Å². The van der Waals surface area contributed by atoms with E-state index in [4.69, 9.17) is 4.52 Å². The average Bonchev–Trinajstić information content (AvgIpc) is 3.24. The molecule has 7 nitrogen and oxygen atoms in total. The van der Waals surface area contributed by atoms with E-state index >= 15 is 0 Å². The van der Waals surface area contributed by atoms with Crippen molar-refractivity contribution >= 4 is 5.91 Å². The molecule has 4 rings (SSSR count). The van der Waals surface area contributed by atoms with Gasteiger partial charge in [-0.05, 0) is 33.2 Å². The summed E-state index contributed by atoms with van der Waals surface area (Å²) in [7, 11) is 0. The standard InChI is InChI=1S/C21H29N5O2/c1-15-14-18(8-9-22-15)21(27)26-12-10-25(11-13-26)16(2)20-23-19(24-28-20)17-6-4-3-5-7-17/h3-7,15-16,18,22H,8-14H2,1-2H3/t15-,16?,18-/m0/s1. The lowest BCUT2D eigenvalue weighted by molar-refractivity contribution is -0.138. The second-order valence-electron chi connectivity index (χ2n) is 7.94. The highest BCUT2D eigenvalue weighted by Gasteiger charge is 2.32. The number of hydrogen-bond acceptors (Lipinski definition) is 6. The molecule has 1 amide bonds. The van der Waals surface area contributed by atoms with Crippen LogP contribution < -0.4 is 5.32 Å². The minimum Gasteiger partial charge on any atom is -0.340 e. The molecular weight excluding hydrogens is 354 g/mol. The third-order valence-corrected chi connectivity index (χ3v) is 5.98. The molecule has 3 atom stereocenters. The van der Waals surface area contributed by atoms with E-state index in [0.717, 1.165) is 51.1 Å². The minimum absolute atomic E-state index is 0.0427. The quantitative estimate of drug-likeness (QED) is 0.873. The zero-order valence-electron chi connectivity index (χ0n) is 16.7. The molecule has 28 heavy (non-hydrogen) atoms. The van der Waals surface area contributed by atoms with Crippen LogP contribution in [0.25, 0.3) is 11.4 Å². The lowest BCUT2D eigenvalue weighted by Crippen LogP contribution is -2.52. The van der Waals surface area contributed by atoms with Gasteiger partial charge in [-0.15, -0.1) is 0 Å². The van der Waals surface area contributed by atoms with Gasteiger partial charge in [0.25, 0.3) is 0 Å². The fourth-order valence-electron chi connectivity index (χ4n) is 4.21. The molecule has 1 aromatic heterocycles. The lowest BCUT2D eigenvalue weighted by atomic mass is 9.92. The van der Waals surface area contributed by atoms with Gasteiger partial charge in [-0.2, -0.15) is 4.98 Å². The highest BCUT2D eigenvalue weighted by Crippen LogP contribution is 2.25. The number of piperazine rings is 1. The summed E-state index contributed by atoms with van der Waals surface area (Å²) in [6.07, 6.45) is 1.89. The van der Waals surface area contributed by atoms with Crippen molar-refractivity contribution in [1.29, 1.82) is 0 Å². The van der Waals surface area contributed by atoms with E-state index in [1.165, 1.54) is 0 Å². The molecule has 1 N–H and O–H groups in total. The number of aromatic nitrogens is 2. The summed E-state index contributed by atoms with van der Waals surface area (Å²) in [6.45, 7) is 8.38. The Balaban J connectivity index is 1.33. The van der Waals surface area contributed by atoms with Crippen molar-refractivity contribution in [3.63, 3.8) is 0 Å². The van der Waals surface area contributed by atoms with Gasteiger partial charge >= 0.3 is 0 Å². The summed E-state index contributed by atoms with van der Waals surface area (Å²) in [6, 6.07) is 10.3. The van der Waals surface area contributed by atoms with Gasteiger partial charge < -0.3 is 14.7 Å². The molecule has 0 saturated carbocycles. The van der Waals surface area contributed by atoms with E-state index in [1.54, 1.807) is 0 Å². The summed E-state index contributed by atoms with van der Waals surface area (Å²) >= 11 is 0. The average molecular weight is 383 g/mol. The highest BCUT2D eigenvalue weighted by atomic mass is 16.5. The molecule has 2 saturated heterocycles. The Morgan fingerprint density at radius 3 is 2.68 bits per heavy atom. The first-order chi connectivity index (χ1) is 13.6. The van der Waals surface area contributed by atoms with E-state index < -0.39 is 0 Å². The van der Waals surface area contributed by atoms with Crippen molar-refractivity contribution in [2.24, 2.45) is 5.92 Å². The SMILES string of the molecule is CC(c1nc(-c2ccccc2)no1)N1CCN(C(=O)[C@H]2CCN[C@@H](C)C2)CC1. The number of benzene rings is 1. The molecule has 2 fully saturated rings. The zero-order valence-corrected chi connectivity index (χ0v) is 16.7. The normalized spacial score (nSPS) is 24.9. The number of piperidine rings is 1. The van der Waals surface area contributed by atoms with Crippen LogP contribution in [0.5, 0.6) is 0 Å². The Kier molecular flexibility index (Phi) is 5.73. The van der Waals surface area contributed by atoms with Crippen LogP contribution in [0, 0.1) is 5.92 Å². The number of hydrogen-bond donors (Lipinski definition) is 1. The van der Waals surface area contributed by atoms with Crippen LogP contribution in [-0.2, 0) is 4.79 Å². The van der Waals surface area contributed by atoms with Crippen molar-refractivity contribution in [2.45, 2.75) is 38.8 Å². The second kappa shape index (κ2) is 8.41. The molecule has 7 heteroatoms. The van der Waals surface area contributed by atoms with Gasteiger partial charge in [0.15, 0.2) is 0 Å². The first-order valence-electron chi connectivity index (χ1n) is 10.3. The zero-order chi connectivity index (χ0) is 19.5. The monoisotopic (exact) mass is 383 g/mol. The van der Waals surface area contributed by atoms with Gasteiger partial charge in [-0.1, -0.05) is 35.5 Å². The number of carbonyl (C=O) groups is 1. The summed E-state index contributed by atoms with van der Waals surface area (Å²) in [5.74, 6) is 1.75. The largest absolute Gasteiger partial charge is 0.340 e. The molecule has 2 aromatic rings. The highest BCUT2D eigenvalue weighted by molar-refractivity contribution is 5.79. The Morgan fingerprint density at radius 2 is 1.96 bits per heavy atom. The number of rotatable bonds is 4. The van der Waals surface area contributed by atoms with Crippen molar-refractivity contribution in [3.8, 4) is 11.4 Å². The fourth-order valence-corrected chi connectivity index (χ4v) is 4.21. The maximum absolute atomic E-state index is 12.8. The predicted octanol–water partition coefficient (Wildman–Crippen LogP) is 2.33. The molecular formula is C21H29N5O2. The van der Waals surface area contributed by atoms with Crippen LogP contribution in [0.15, 0.2) is 34.9 Å². The van der Waals surface area contributed by atoms with Gasteiger partial charge in [0.05, 0.1) is 6.04 Å². The third-order valence-electron chi connectivity index (χ3n) is 5.98. The smallest absolute Gasteiger partial charge is 0.244 e. The van der Waals surface area contributed by atoms with E-state index in [9.17, 15) is 4.79 Å². The molecule has 2 aliphatic rings. The van der Waals surface area contributed by atoms with Crippen molar-refractivity contribution in [2.75, 3.05) is 32.7 Å². The molecule has 3 heterocycles. The lowest BCUT2D eigenvalue weighted by Gasteiger charge is -2.39. The van der Waals surface area contributed by atoms with Crippen molar-refractivity contribution in [1.82, 2.24) is 25.3 Å². The van der Waals surface area contributed by atoms with Crippen molar-refractivity contribution in [3.05, 3.63) is 36.2 Å². The van der Waals surface area contributed by atoms with Crippen LogP contribution in [0.3, 0.4) is 0 Å². The second-order valence-corrected chi connectivity index (χ2v) is 7.94. The van der Waals surface area contributed by atoms with Crippen molar-refractivity contribution < 1.29 is 9.32 Å². The topological polar surface area (TPSA) is 74.5 Å². The maximum Gasteiger partial charge on any atom is 0.244 e. The van der Waals surface area contributed by atoms with Gasteiger partial charge in [0.1, 0.15) is 0 Å². The minimum atomic E-state index is 0.0427. The Labute approximate surface area is 166 Å². The first kappa shape index (κ1) is 19.1. The Morgan fingerprint density at radius 1 is 1.21 bits per heavy atom. The molecule has 1 aromatic carbocycles. The van der Waals surface area contributed by atoms with Crippen LogP contribution in [0.2, 0.25) is 0 Å². The summed E-state index contributed by atoms with van der Waals surface area (Å²) < 4.78 is 5.53. The van der Waals surface area contributed by atoms with E-state index in [0.29, 0.717) is 23.7 Å². The predicted molar refractivity (Wildman–Crippen MR) is 106 cm³/mol. The Bertz CT molecular complexity index is 785. The van der Waals surface area contributed by atoms with Gasteiger partial charge in [0, 0.05) is 43.7 Å². The summed E-state index contributed by atoms with van der Waals surface area (Å²) in [5.41, 5.74) is 0.955. The number of nitrogens with one attached hydrogen (secondary N) is 1. The molecule has 1 unspecified atom stereocenters. The van der Waals surface area contributed by atoms with Crippen LogP contribution >= 0.6 is 0 Å². The number of amides is 1. The summed E-state index contributed by atoms with van der Waals surface area (Å²) in [5, 5.41) is 7.55. The van der Waals surface area contributed by atoms with E-state index in [-0.39, 0.29) is 12.0 Å². The third kappa shape index (κ3) is 4.10. The van der Waals surface area contributed by atoms with Crippen LogP contribution in [0.1, 0.15) is 38.6 Å². The number of carbonyl (C=O) groups excluding carboxylic acids is 1. The number of nitrogens with zero attached hydrogens (tertiary/aromatic N) is 4. The molecule has 0 bridgehead atoms. The van der Waals surface area contributed by atoms with Gasteiger partial charge in [0.2, 0.25) is 17.6 Å². The van der Waals surface area contributed by atoms with Crippen LogP contribution in [-0.4, -0.2) is 64.6 Å². The van der Waals surface area contributed by atoms with Crippen LogP contribution in [0.4, 0.5) is 0 Å². The molecule has 150 valence electrons. The molecule has 2 aliphatic heterocycles. The van der Waals surface area contributed by atoms with Gasteiger partial charge in [-0.3, -0.25) is 9.69 Å². The van der Waals surface area contributed by atoms with E-state index in [1.807, 2.05) is 35.2 Å².